The molecule has 0 bridgehead atoms. The molecule has 18 heavy (non-hydrogen) atoms. The van der Waals surface area contributed by atoms with Gasteiger partial charge in [0.25, 0.3) is 0 Å². The number of methoxy groups -OCH3 is 1. The van der Waals surface area contributed by atoms with Crippen LogP contribution in [-0.2, 0) is 14.3 Å². The maximum atomic E-state index is 11.2. The fraction of sp³-hybridized carbons (Fsp3) is 0.923. The zero-order valence-electron chi connectivity index (χ0n) is 11.3. The summed E-state index contributed by atoms with van der Waals surface area (Å²) in [5, 5.41) is 8.80. The van der Waals surface area contributed by atoms with E-state index in [1.807, 2.05) is 0 Å². The van der Waals surface area contributed by atoms with Gasteiger partial charge in [0, 0.05) is 26.3 Å². The van der Waals surface area contributed by atoms with Crippen molar-refractivity contribution in [2.24, 2.45) is 0 Å². The third-order valence-corrected chi connectivity index (χ3v) is 3.23. The Bertz CT molecular complexity index is 229. The van der Waals surface area contributed by atoms with Gasteiger partial charge in [0.1, 0.15) is 0 Å². The van der Waals surface area contributed by atoms with Crippen LogP contribution in [0, 0.1) is 0 Å². The number of aliphatic hydroxyl groups is 1. The highest BCUT2D eigenvalue weighted by molar-refractivity contribution is 5.69. The first-order valence-electron chi connectivity index (χ1n) is 6.78. The molecule has 0 radical (unpaired) electrons. The molecule has 1 atom stereocenters. The van der Waals surface area contributed by atoms with Gasteiger partial charge in [-0.15, -0.1) is 0 Å². The molecule has 0 aromatic rings. The van der Waals surface area contributed by atoms with E-state index in [0.29, 0.717) is 19.1 Å². The van der Waals surface area contributed by atoms with Crippen LogP contribution < -0.4 is 0 Å². The number of hydrogen-bond acceptors (Lipinski definition) is 5. The van der Waals surface area contributed by atoms with Crippen LogP contribution in [-0.4, -0.2) is 62.0 Å². The summed E-state index contributed by atoms with van der Waals surface area (Å²) in [6.45, 7) is 3.56. The standard InChI is InChI=1S/C13H25NO4/c1-17-13(16)6-8-14(7-2-3-9-15)11-12-5-4-10-18-12/h12,15H,2-11H2,1H3. The Labute approximate surface area is 109 Å². The first-order valence-corrected chi connectivity index (χ1v) is 6.78. The molecule has 1 N–H and O–H groups in total. The summed E-state index contributed by atoms with van der Waals surface area (Å²) >= 11 is 0. The van der Waals surface area contributed by atoms with Crippen molar-refractivity contribution in [1.82, 2.24) is 4.90 Å². The van der Waals surface area contributed by atoms with Crippen molar-refractivity contribution < 1.29 is 19.4 Å². The Hall–Kier alpha value is -0.650. The molecule has 0 amide bonds. The normalized spacial score (nSPS) is 19.4. The lowest BCUT2D eigenvalue weighted by Crippen LogP contribution is -2.35. The lowest BCUT2D eigenvalue weighted by atomic mass is 10.2. The van der Waals surface area contributed by atoms with Gasteiger partial charge in [0.15, 0.2) is 0 Å². The van der Waals surface area contributed by atoms with Crippen LogP contribution in [0.2, 0.25) is 0 Å². The summed E-state index contributed by atoms with van der Waals surface area (Å²) in [5.74, 6) is -0.172. The molecule has 5 heteroatoms. The van der Waals surface area contributed by atoms with Crippen LogP contribution >= 0.6 is 0 Å². The zero-order valence-corrected chi connectivity index (χ0v) is 11.3. The fourth-order valence-electron chi connectivity index (χ4n) is 2.17. The monoisotopic (exact) mass is 259 g/mol. The van der Waals surface area contributed by atoms with E-state index in [4.69, 9.17) is 9.84 Å². The van der Waals surface area contributed by atoms with Crippen molar-refractivity contribution in [3.63, 3.8) is 0 Å². The molecular weight excluding hydrogens is 234 g/mol. The lowest BCUT2D eigenvalue weighted by Gasteiger charge is -2.24. The third-order valence-electron chi connectivity index (χ3n) is 3.23. The first-order chi connectivity index (χ1) is 8.76. The van der Waals surface area contributed by atoms with E-state index >= 15 is 0 Å². The van der Waals surface area contributed by atoms with Gasteiger partial charge in [-0.05, 0) is 32.2 Å². The van der Waals surface area contributed by atoms with E-state index < -0.39 is 0 Å². The molecular formula is C13H25NO4. The number of esters is 1. The molecule has 1 saturated heterocycles. The minimum Gasteiger partial charge on any atom is -0.469 e. The van der Waals surface area contributed by atoms with Gasteiger partial charge < -0.3 is 19.5 Å². The van der Waals surface area contributed by atoms with Crippen molar-refractivity contribution in [3.05, 3.63) is 0 Å². The van der Waals surface area contributed by atoms with Crippen molar-refractivity contribution >= 4 is 5.97 Å². The number of ether oxygens (including phenoxy) is 2. The van der Waals surface area contributed by atoms with Gasteiger partial charge in [-0.2, -0.15) is 0 Å². The molecule has 106 valence electrons. The molecule has 0 aromatic carbocycles. The topological polar surface area (TPSA) is 59.0 Å². The van der Waals surface area contributed by atoms with Crippen molar-refractivity contribution in [2.75, 3.05) is 40.0 Å². The summed E-state index contributed by atoms with van der Waals surface area (Å²) in [7, 11) is 1.42. The van der Waals surface area contributed by atoms with E-state index in [1.165, 1.54) is 7.11 Å². The molecule has 1 aliphatic rings. The first kappa shape index (κ1) is 15.4. The second kappa shape index (κ2) is 9.30. The minimum atomic E-state index is -0.172. The number of nitrogens with zero attached hydrogens (tertiary/aromatic N) is 1. The van der Waals surface area contributed by atoms with Crippen LogP contribution in [0.15, 0.2) is 0 Å². The molecule has 1 unspecified atom stereocenters. The highest BCUT2D eigenvalue weighted by atomic mass is 16.5. The van der Waals surface area contributed by atoms with Gasteiger partial charge in [-0.1, -0.05) is 0 Å². The molecule has 1 fully saturated rings. The summed E-state index contributed by atoms with van der Waals surface area (Å²) in [6.07, 6.45) is 4.71. The highest BCUT2D eigenvalue weighted by Crippen LogP contribution is 2.14. The van der Waals surface area contributed by atoms with Gasteiger partial charge in [-0.25, -0.2) is 0 Å². The van der Waals surface area contributed by atoms with E-state index in [-0.39, 0.29) is 12.6 Å². The molecule has 1 heterocycles. The Kier molecular flexibility index (Phi) is 7.96. The highest BCUT2D eigenvalue weighted by Gasteiger charge is 2.19. The zero-order chi connectivity index (χ0) is 13.2. The largest absolute Gasteiger partial charge is 0.469 e. The van der Waals surface area contributed by atoms with Crippen LogP contribution in [0.5, 0.6) is 0 Å². The molecule has 5 nitrogen and oxygen atoms in total. The Balaban J connectivity index is 2.27. The number of rotatable bonds is 9. The minimum absolute atomic E-state index is 0.172. The average molecular weight is 259 g/mol. The van der Waals surface area contributed by atoms with E-state index in [9.17, 15) is 4.79 Å². The van der Waals surface area contributed by atoms with Gasteiger partial charge in [-0.3, -0.25) is 4.79 Å². The SMILES string of the molecule is COC(=O)CCN(CCCCO)CC1CCCO1. The second-order valence-corrected chi connectivity index (χ2v) is 4.69. The maximum absolute atomic E-state index is 11.2. The second-order valence-electron chi connectivity index (χ2n) is 4.69. The van der Waals surface area contributed by atoms with E-state index in [1.54, 1.807) is 0 Å². The number of carbonyl (C=O) groups is 1. The fourth-order valence-corrected chi connectivity index (χ4v) is 2.17. The summed E-state index contributed by atoms with van der Waals surface area (Å²) in [6, 6.07) is 0. The number of unbranched alkanes of at least 4 members (excludes halogenated alkanes) is 1. The van der Waals surface area contributed by atoms with E-state index in [0.717, 1.165) is 45.4 Å². The van der Waals surface area contributed by atoms with Crippen LogP contribution in [0.3, 0.4) is 0 Å². The number of hydrogen-bond donors (Lipinski definition) is 1. The Morgan fingerprint density at radius 1 is 1.44 bits per heavy atom. The van der Waals surface area contributed by atoms with Gasteiger partial charge in [0.2, 0.25) is 0 Å². The predicted molar refractivity (Wildman–Crippen MR) is 68.4 cm³/mol. The van der Waals surface area contributed by atoms with Crippen molar-refractivity contribution in [2.45, 2.75) is 38.2 Å². The lowest BCUT2D eigenvalue weighted by molar-refractivity contribution is -0.141. The molecule has 0 spiro atoms. The maximum Gasteiger partial charge on any atom is 0.306 e. The van der Waals surface area contributed by atoms with E-state index in [2.05, 4.69) is 9.64 Å². The van der Waals surface area contributed by atoms with Crippen LogP contribution in [0.25, 0.3) is 0 Å². The Morgan fingerprint density at radius 3 is 2.89 bits per heavy atom. The number of carbonyl (C=O) groups excluding carboxylic acids is 1. The average Bonchev–Trinajstić information content (AvgIpc) is 2.88. The van der Waals surface area contributed by atoms with Crippen molar-refractivity contribution in [1.29, 1.82) is 0 Å². The summed E-state index contributed by atoms with van der Waals surface area (Å²) < 4.78 is 10.3. The summed E-state index contributed by atoms with van der Waals surface area (Å²) in [5.41, 5.74) is 0. The van der Waals surface area contributed by atoms with Crippen molar-refractivity contribution in [3.8, 4) is 0 Å². The van der Waals surface area contributed by atoms with Gasteiger partial charge >= 0.3 is 5.97 Å². The molecule has 1 aliphatic heterocycles. The number of aliphatic hydroxyl groups excluding tert-OH is 1. The molecule has 0 aliphatic carbocycles. The predicted octanol–water partition coefficient (Wildman–Crippen LogP) is 0.803. The van der Waals surface area contributed by atoms with Crippen LogP contribution in [0.4, 0.5) is 0 Å². The smallest absolute Gasteiger partial charge is 0.306 e. The third kappa shape index (κ3) is 6.33. The van der Waals surface area contributed by atoms with Crippen LogP contribution in [0.1, 0.15) is 32.1 Å². The molecule has 0 aromatic heterocycles. The van der Waals surface area contributed by atoms with Gasteiger partial charge in [0.05, 0.1) is 19.6 Å². The molecule has 0 saturated carbocycles. The Morgan fingerprint density at radius 2 is 2.28 bits per heavy atom. The summed E-state index contributed by atoms with van der Waals surface area (Å²) in [4.78, 5) is 13.4. The molecule has 1 rings (SSSR count). The quantitative estimate of drug-likeness (QED) is 0.490.